The van der Waals surface area contributed by atoms with Crippen LogP contribution in [0.2, 0.25) is 0 Å². The van der Waals surface area contributed by atoms with E-state index >= 15 is 0 Å². The van der Waals surface area contributed by atoms with E-state index in [9.17, 15) is 4.79 Å². The van der Waals surface area contributed by atoms with Crippen LogP contribution in [0.5, 0.6) is 23.0 Å². The third-order valence-corrected chi connectivity index (χ3v) is 3.58. The van der Waals surface area contributed by atoms with E-state index in [4.69, 9.17) is 18.9 Å². The van der Waals surface area contributed by atoms with Crippen LogP contribution >= 0.6 is 0 Å². The lowest BCUT2D eigenvalue weighted by Crippen LogP contribution is -1.97. The van der Waals surface area contributed by atoms with Crippen molar-refractivity contribution < 1.29 is 23.7 Å². The molecule has 124 valence electrons. The molecule has 0 saturated heterocycles. The minimum atomic E-state index is -0.128. The molecule has 1 aliphatic heterocycles. The molecule has 5 nitrogen and oxygen atoms in total. The quantitative estimate of drug-likeness (QED) is 0.598. The average molecular weight is 326 g/mol. The molecular formula is C19H18O5. The van der Waals surface area contributed by atoms with Gasteiger partial charge < -0.3 is 18.9 Å². The molecule has 0 unspecified atom stereocenters. The summed E-state index contributed by atoms with van der Waals surface area (Å²) in [7, 11) is 1.58. The lowest BCUT2D eigenvalue weighted by Gasteiger charge is -2.11. The van der Waals surface area contributed by atoms with Gasteiger partial charge in [0.05, 0.1) is 13.7 Å². The van der Waals surface area contributed by atoms with E-state index in [-0.39, 0.29) is 12.6 Å². The molecule has 0 fully saturated rings. The molecule has 1 aliphatic rings. The topological polar surface area (TPSA) is 54.0 Å². The molecule has 0 spiro atoms. The smallest absolute Gasteiger partial charge is 0.231 e. The van der Waals surface area contributed by atoms with Gasteiger partial charge >= 0.3 is 0 Å². The second-order valence-corrected chi connectivity index (χ2v) is 5.08. The summed E-state index contributed by atoms with van der Waals surface area (Å²) in [6, 6.07) is 10.7. The molecule has 1 heterocycles. The van der Waals surface area contributed by atoms with Crippen LogP contribution in [-0.2, 0) is 0 Å². The van der Waals surface area contributed by atoms with Crippen LogP contribution in [0.4, 0.5) is 0 Å². The molecule has 0 saturated carbocycles. The number of carbonyl (C=O) groups excluding carboxylic acids is 1. The predicted molar refractivity (Wildman–Crippen MR) is 90.1 cm³/mol. The largest absolute Gasteiger partial charge is 0.492 e. The van der Waals surface area contributed by atoms with Crippen molar-refractivity contribution in [3.05, 3.63) is 53.6 Å². The van der Waals surface area contributed by atoms with E-state index in [0.717, 1.165) is 5.56 Å². The van der Waals surface area contributed by atoms with E-state index in [0.29, 0.717) is 35.2 Å². The van der Waals surface area contributed by atoms with E-state index in [1.54, 1.807) is 31.4 Å². The van der Waals surface area contributed by atoms with Crippen LogP contribution in [-0.4, -0.2) is 26.3 Å². The van der Waals surface area contributed by atoms with Crippen molar-refractivity contribution in [1.29, 1.82) is 0 Å². The third kappa shape index (κ3) is 3.20. The maximum atomic E-state index is 12.4. The number of fused-ring (bicyclic) bond motifs is 1. The monoisotopic (exact) mass is 326 g/mol. The molecule has 0 bridgehead atoms. The minimum absolute atomic E-state index is 0.128. The zero-order chi connectivity index (χ0) is 16.9. The maximum absolute atomic E-state index is 12.4. The Bertz CT molecular complexity index is 779. The number of methoxy groups -OCH3 is 1. The normalized spacial score (nSPS) is 12.4. The first-order chi connectivity index (χ1) is 11.7. The summed E-state index contributed by atoms with van der Waals surface area (Å²) in [6.45, 7) is 2.63. The lowest BCUT2D eigenvalue weighted by atomic mass is 10.1. The van der Waals surface area contributed by atoms with Gasteiger partial charge in [-0.3, -0.25) is 4.79 Å². The highest BCUT2D eigenvalue weighted by Crippen LogP contribution is 2.34. The van der Waals surface area contributed by atoms with Gasteiger partial charge in [0.15, 0.2) is 28.8 Å². The summed E-state index contributed by atoms with van der Waals surface area (Å²) >= 11 is 0. The number of allylic oxidation sites excluding steroid dienone is 1. The van der Waals surface area contributed by atoms with Crippen LogP contribution in [0.15, 0.2) is 42.5 Å². The van der Waals surface area contributed by atoms with Crippen LogP contribution in [0.3, 0.4) is 0 Å². The summed E-state index contributed by atoms with van der Waals surface area (Å²) in [5.74, 6) is 2.37. The lowest BCUT2D eigenvalue weighted by molar-refractivity contribution is 0.104. The molecule has 0 aromatic heterocycles. The van der Waals surface area contributed by atoms with Gasteiger partial charge in [0.1, 0.15) is 0 Å². The predicted octanol–water partition coefficient (Wildman–Crippen LogP) is 3.72. The van der Waals surface area contributed by atoms with Crippen LogP contribution in [0.1, 0.15) is 22.8 Å². The Balaban J connectivity index is 1.83. The second-order valence-electron chi connectivity index (χ2n) is 5.08. The SMILES string of the molecule is CCOc1cccc(C=CC(=O)c2ccc3c(c2)OCO3)c1OC. The van der Waals surface area contributed by atoms with Gasteiger partial charge in [0.25, 0.3) is 0 Å². The molecule has 2 aromatic carbocycles. The van der Waals surface area contributed by atoms with E-state index < -0.39 is 0 Å². The molecular weight excluding hydrogens is 308 g/mol. The Hall–Kier alpha value is -2.95. The van der Waals surface area contributed by atoms with Gasteiger partial charge in [-0.15, -0.1) is 0 Å². The second kappa shape index (κ2) is 7.08. The van der Waals surface area contributed by atoms with E-state index in [1.807, 2.05) is 25.1 Å². The first-order valence-corrected chi connectivity index (χ1v) is 7.64. The van der Waals surface area contributed by atoms with Gasteiger partial charge in [-0.25, -0.2) is 0 Å². The average Bonchev–Trinajstić information content (AvgIpc) is 3.07. The zero-order valence-electron chi connectivity index (χ0n) is 13.6. The van der Waals surface area contributed by atoms with Gasteiger partial charge in [-0.05, 0) is 43.3 Å². The standard InChI is InChI=1S/C19H18O5/c1-3-22-17-6-4-5-13(19(17)21-2)7-9-15(20)14-8-10-16-18(11-14)24-12-23-16/h4-11H,3,12H2,1-2H3. The van der Waals surface area contributed by atoms with Crippen LogP contribution in [0, 0.1) is 0 Å². The first-order valence-electron chi connectivity index (χ1n) is 7.64. The van der Waals surface area contributed by atoms with Crippen molar-refractivity contribution in [2.75, 3.05) is 20.5 Å². The molecule has 0 radical (unpaired) electrons. The van der Waals surface area contributed by atoms with Gasteiger partial charge in [-0.2, -0.15) is 0 Å². The molecule has 0 N–H and O–H groups in total. The number of ether oxygens (including phenoxy) is 4. The fourth-order valence-electron chi connectivity index (χ4n) is 2.46. The first kappa shape index (κ1) is 15.9. The highest BCUT2D eigenvalue weighted by atomic mass is 16.7. The van der Waals surface area contributed by atoms with Crippen molar-refractivity contribution in [2.24, 2.45) is 0 Å². The van der Waals surface area contributed by atoms with E-state index in [1.165, 1.54) is 6.08 Å². The Labute approximate surface area is 140 Å². The van der Waals surface area contributed by atoms with Gasteiger partial charge in [0, 0.05) is 11.1 Å². The number of hydrogen-bond donors (Lipinski definition) is 0. The zero-order valence-corrected chi connectivity index (χ0v) is 13.6. The molecule has 24 heavy (non-hydrogen) atoms. The van der Waals surface area contributed by atoms with Gasteiger partial charge in [-0.1, -0.05) is 12.1 Å². The molecule has 3 rings (SSSR count). The number of rotatable bonds is 6. The Morgan fingerprint density at radius 1 is 1.21 bits per heavy atom. The molecule has 0 amide bonds. The number of carbonyl (C=O) groups is 1. The van der Waals surface area contributed by atoms with Gasteiger partial charge in [0.2, 0.25) is 6.79 Å². The fourth-order valence-corrected chi connectivity index (χ4v) is 2.46. The van der Waals surface area contributed by atoms with Crippen LogP contribution < -0.4 is 18.9 Å². The van der Waals surface area contributed by atoms with Crippen molar-refractivity contribution >= 4 is 11.9 Å². The Kier molecular flexibility index (Phi) is 4.70. The van der Waals surface area contributed by atoms with E-state index in [2.05, 4.69) is 0 Å². The Morgan fingerprint density at radius 2 is 2.04 bits per heavy atom. The van der Waals surface area contributed by atoms with Crippen molar-refractivity contribution in [2.45, 2.75) is 6.92 Å². The number of para-hydroxylation sites is 1. The molecule has 5 heteroatoms. The summed E-state index contributed by atoms with van der Waals surface area (Å²) in [6.07, 6.45) is 3.22. The highest BCUT2D eigenvalue weighted by Gasteiger charge is 2.15. The fraction of sp³-hybridized carbons (Fsp3) is 0.211. The molecule has 0 aliphatic carbocycles. The number of benzene rings is 2. The molecule has 2 aromatic rings. The highest BCUT2D eigenvalue weighted by molar-refractivity contribution is 6.07. The summed E-state index contributed by atoms with van der Waals surface area (Å²) < 4.78 is 21.5. The van der Waals surface area contributed by atoms with Crippen molar-refractivity contribution in [3.8, 4) is 23.0 Å². The number of hydrogen-bond acceptors (Lipinski definition) is 5. The summed E-state index contributed by atoms with van der Waals surface area (Å²) in [5, 5.41) is 0. The summed E-state index contributed by atoms with van der Waals surface area (Å²) in [4.78, 5) is 12.4. The van der Waals surface area contributed by atoms with Crippen molar-refractivity contribution in [3.63, 3.8) is 0 Å². The van der Waals surface area contributed by atoms with Crippen molar-refractivity contribution in [1.82, 2.24) is 0 Å². The number of ketones is 1. The minimum Gasteiger partial charge on any atom is -0.492 e. The maximum Gasteiger partial charge on any atom is 0.231 e. The summed E-state index contributed by atoms with van der Waals surface area (Å²) in [5.41, 5.74) is 1.31. The van der Waals surface area contributed by atoms with Crippen LogP contribution in [0.25, 0.3) is 6.08 Å². The molecule has 0 atom stereocenters. The Morgan fingerprint density at radius 3 is 2.83 bits per heavy atom. The third-order valence-electron chi connectivity index (χ3n) is 3.58.